The number of allylic oxidation sites excluding steroid dienone is 1. The number of imidazole rings is 1. The van der Waals surface area contributed by atoms with Crippen LogP contribution in [0.4, 0.5) is 0 Å². The predicted octanol–water partition coefficient (Wildman–Crippen LogP) is 3.51. The number of fused-ring (bicyclic) bond motifs is 1. The quantitative estimate of drug-likeness (QED) is 0.547. The molecule has 0 saturated heterocycles. The van der Waals surface area contributed by atoms with Gasteiger partial charge in [-0.1, -0.05) is 42.5 Å². The van der Waals surface area contributed by atoms with Crippen LogP contribution in [0.1, 0.15) is 11.4 Å². The number of rotatable bonds is 2. The fraction of sp³-hybridized carbons (Fsp3) is 0. The van der Waals surface area contributed by atoms with Crippen LogP contribution in [-0.2, 0) is 0 Å². The van der Waals surface area contributed by atoms with Crippen molar-refractivity contribution in [2.24, 2.45) is 0 Å². The maximum atomic E-state index is 10.3. The topological polar surface area (TPSA) is 72.7 Å². The summed E-state index contributed by atoms with van der Waals surface area (Å²) in [5, 5.41) is 19.6. The van der Waals surface area contributed by atoms with Crippen LogP contribution in [0, 0.1) is 11.3 Å². The average Bonchev–Trinajstić information content (AvgIpc) is 2.92. The van der Waals surface area contributed by atoms with E-state index in [0.29, 0.717) is 11.4 Å². The Bertz CT molecular complexity index is 793. The Morgan fingerprint density at radius 1 is 1.05 bits per heavy atom. The molecule has 96 valence electrons. The second kappa shape index (κ2) is 4.90. The first-order valence-corrected chi connectivity index (χ1v) is 6.13. The molecule has 3 aromatic rings. The monoisotopic (exact) mass is 261 g/mol. The summed E-state index contributed by atoms with van der Waals surface area (Å²) in [7, 11) is 0. The van der Waals surface area contributed by atoms with E-state index in [1.807, 2.05) is 36.4 Å². The first-order chi connectivity index (χ1) is 9.79. The first-order valence-electron chi connectivity index (χ1n) is 6.13. The SMILES string of the molecule is N#C/C(=C(/O)c1ccccc1)c1nc2ccccc2[nH]1. The molecule has 0 saturated carbocycles. The predicted molar refractivity (Wildman–Crippen MR) is 77.6 cm³/mol. The highest BCUT2D eigenvalue weighted by Crippen LogP contribution is 2.23. The van der Waals surface area contributed by atoms with Crippen LogP contribution in [0.25, 0.3) is 22.4 Å². The maximum absolute atomic E-state index is 10.3. The van der Waals surface area contributed by atoms with Gasteiger partial charge in [-0.2, -0.15) is 5.26 Å². The summed E-state index contributed by atoms with van der Waals surface area (Å²) >= 11 is 0. The van der Waals surface area contributed by atoms with Gasteiger partial charge in [0.05, 0.1) is 11.0 Å². The van der Waals surface area contributed by atoms with E-state index >= 15 is 0 Å². The largest absolute Gasteiger partial charge is 0.506 e. The molecule has 3 rings (SSSR count). The van der Waals surface area contributed by atoms with Crippen molar-refractivity contribution in [1.82, 2.24) is 9.97 Å². The van der Waals surface area contributed by atoms with E-state index in [-0.39, 0.29) is 11.3 Å². The molecule has 1 heterocycles. The average molecular weight is 261 g/mol. The molecule has 20 heavy (non-hydrogen) atoms. The Morgan fingerprint density at radius 2 is 1.75 bits per heavy atom. The van der Waals surface area contributed by atoms with Gasteiger partial charge in [-0.15, -0.1) is 0 Å². The minimum Gasteiger partial charge on any atom is -0.506 e. The number of hydrogen-bond donors (Lipinski definition) is 2. The van der Waals surface area contributed by atoms with Crippen molar-refractivity contribution in [1.29, 1.82) is 5.26 Å². The molecule has 4 nitrogen and oxygen atoms in total. The van der Waals surface area contributed by atoms with Gasteiger partial charge in [0, 0.05) is 5.56 Å². The highest BCUT2D eigenvalue weighted by atomic mass is 16.3. The van der Waals surface area contributed by atoms with Crippen LogP contribution < -0.4 is 0 Å². The molecule has 2 N–H and O–H groups in total. The molecular formula is C16H11N3O. The summed E-state index contributed by atoms with van der Waals surface area (Å²) in [6, 6.07) is 18.5. The minimum absolute atomic E-state index is 0.0767. The van der Waals surface area contributed by atoms with Crippen LogP contribution in [0.5, 0.6) is 0 Å². The van der Waals surface area contributed by atoms with Gasteiger partial charge in [0.1, 0.15) is 17.4 Å². The van der Waals surface area contributed by atoms with Gasteiger partial charge in [0.15, 0.2) is 5.82 Å². The number of aromatic nitrogens is 2. The Kier molecular flexibility index (Phi) is 2.94. The number of nitrogens with one attached hydrogen (secondary N) is 1. The lowest BCUT2D eigenvalue weighted by molar-refractivity contribution is 0.514. The van der Waals surface area contributed by atoms with Gasteiger partial charge in [-0.05, 0) is 12.1 Å². The lowest BCUT2D eigenvalue weighted by Gasteiger charge is -2.01. The van der Waals surface area contributed by atoms with Crippen LogP contribution in [0.2, 0.25) is 0 Å². The molecular weight excluding hydrogens is 250 g/mol. The molecule has 0 aliphatic carbocycles. The molecule has 0 atom stereocenters. The van der Waals surface area contributed by atoms with Gasteiger partial charge in [-0.3, -0.25) is 0 Å². The minimum atomic E-state index is -0.0767. The van der Waals surface area contributed by atoms with Crippen molar-refractivity contribution < 1.29 is 5.11 Å². The van der Waals surface area contributed by atoms with Crippen molar-refractivity contribution in [3.05, 3.63) is 66.0 Å². The molecule has 0 amide bonds. The molecule has 0 bridgehead atoms. The lowest BCUT2D eigenvalue weighted by Crippen LogP contribution is -1.92. The molecule has 0 radical (unpaired) electrons. The Balaban J connectivity index is 2.17. The Labute approximate surface area is 115 Å². The van der Waals surface area contributed by atoms with Crippen molar-refractivity contribution in [3.8, 4) is 6.07 Å². The van der Waals surface area contributed by atoms with E-state index in [4.69, 9.17) is 0 Å². The summed E-state index contributed by atoms with van der Waals surface area (Å²) in [4.78, 5) is 7.38. The van der Waals surface area contributed by atoms with E-state index in [0.717, 1.165) is 11.0 Å². The number of aromatic amines is 1. The summed E-state index contributed by atoms with van der Waals surface area (Å²) < 4.78 is 0. The third-order valence-electron chi connectivity index (χ3n) is 3.02. The van der Waals surface area contributed by atoms with Crippen LogP contribution >= 0.6 is 0 Å². The van der Waals surface area contributed by atoms with Gasteiger partial charge in [0.2, 0.25) is 0 Å². The van der Waals surface area contributed by atoms with Crippen molar-refractivity contribution in [3.63, 3.8) is 0 Å². The van der Waals surface area contributed by atoms with Crippen molar-refractivity contribution in [2.75, 3.05) is 0 Å². The van der Waals surface area contributed by atoms with E-state index in [1.165, 1.54) is 0 Å². The number of H-pyrrole nitrogens is 1. The second-order valence-corrected chi connectivity index (χ2v) is 4.30. The smallest absolute Gasteiger partial charge is 0.153 e. The zero-order chi connectivity index (χ0) is 13.9. The number of aliphatic hydroxyl groups is 1. The maximum Gasteiger partial charge on any atom is 0.153 e. The molecule has 2 aromatic carbocycles. The van der Waals surface area contributed by atoms with E-state index in [2.05, 4.69) is 9.97 Å². The summed E-state index contributed by atoms with van der Waals surface area (Å²) in [5.74, 6) is 0.294. The van der Waals surface area contributed by atoms with Crippen molar-refractivity contribution in [2.45, 2.75) is 0 Å². The lowest BCUT2D eigenvalue weighted by atomic mass is 10.1. The third kappa shape index (κ3) is 2.02. The summed E-state index contributed by atoms with van der Waals surface area (Å²) in [5.41, 5.74) is 2.31. The van der Waals surface area contributed by atoms with Gasteiger partial charge in [0.25, 0.3) is 0 Å². The fourth-order valence-corrected chi connectivity index (χ4v) is 2.03. The highest BCUT2D eigenvalue weighted by molar-refractivity contribution is 5.94. The number of para-hydroxylation sites is 2. The number of aliphatic hydroxyl groups excluding tert-OH is 1. The molecule has 0 spiro atoms. The Morgan fingerprint density at radius 3 is 2.45 bits per heavy atom. The van der Waals surface area contributed by atoms with E-state index in [1.54, 1.807) is 24.3 Å². The normalized spacial score (nSPS) is 11.9. The molecule has 4 heteroatoms. The number of benzene rings is 2. The number of nitrogens with zero attached hydrogens (tertiary/aromatic N) is 2. The van der Waals surface area contributed by atoms with Crippen molar-refractivity contribution >= 4 is 22.4 Å². The number of hydrogen-bond acceptors (Lipinski definition) is 3. The van der Waals surface area contributed by atoms with Crippen LogP contribution in [0.3, 0.4) is 0 Å². The van der Waals surface area contributed by atoms with Gasteiger partial charge in [-0.25, -0.2) is 4.98 Å². The fourth-order valence-electron chi connectivity index (χ4n) is 2.03. The molecule has 0 aliphatic rings. The van der Waals surface area contributed by atoms with Gasteiger partial charge < -0.3 is 10.1 Å². The molecule has 0 fully saturated rings. The van der Waals surface area contributed by atoms with Gasteiger partial charge >= 0.3 is 0 Å². The standard InChI is InChI=1S/C16H11N3O/c17-10-12(15(20)11-6-2-1-3-7-11)16-18-13-8-4-5-9-14(13)19-16/h1-9,20H,(H,18,19)/b15-12-. The molecule has 1 aromatic heterocycles. The van der Waals surface area contributed by atoms with E-state index < -0.39 is 0 Å². The zero-order valence-corrected chi connectivity index (χ0v) is 10.5. The van der Waals surface area contributed by atoms with E-state index in [9.17, 15) is 10.4 Å². The number of nitriles is 1. The zero-order valence-electron chi connectivity index (χ0n) is 10.5. The second-order valence-electron chi connectivity index (χ2n) is 4.30. The first kappa shape index (κ1) is 12.0. The third-order valence-corrected chi connectivity index (χ3v) is 3.02. The molecule has 0 aliphatic heterocycles. The van der Waals surface area contributed by atoms with Crippen LogP contribution in [-0.4, -0.2) is 15.1 Å². The highest BCUT2D eigenvalue weighted by Gasteiger charge is 2.14. The summed E-state index contributed by atoms with van der Waals surface area (Å²) in [6.45, 7) is 0. The molecule has 0 unspecified atom stereocenters. The summed E-state index contributed by atoms with van der Waals surface area (Å²) in [6.07, 6.45) is 0. The Hall–Kier alpha value is -3.06. The van der Waals surface area contributed by atoms with Crippen LogP contribution in [0.15, 0.2) is 54.6 Å².